The minimum absolute atomic E-state index is 0.147. The zero-order chi connectivity index (χ0) is 19.2. The second-order valence-electron chi connectivity index (χ2n) is 6.11. The van der Waals surface area contributed by atoms with E-state index in [1.165, 1.54) is 18.3 Å². The van der Waals surface area contributed by atoms with Crippen molar-refractivity contribution in [1.29, 1.82) is 0 Å². The van der Waals surface area contributed by atoms with Crippen LogP contribution in [0.2, 0.25) is 5.02 Å². The van der Waals surface area contributed by atoms with Crippen LogP contribution in [0.5, 0.6) is 5.88 Å². The molecule has 1 N–H and O–H groups in total. The molecule has 2 heterocycles. The molecule has 27 heavy (non-hydrogen) atoms. The van der Waals surface area contributed by atoms with Gasteiger partial charge in [-0.2, -0.15) is 9.78 Å². The van der Waals surface area contributed by atoms with Crippen LogP contribution in [0.3, 0.4) is 0 Å². The molecule has 3 rings (SSSR count). The molecular weight excluding hydrogens is 366 g/mol. The van der Waals surface area contributed by atoms with Crippen LogP contribution in [-0.4, -0.2) is 25.8 Å². The summed E-state index contributed by atoms with van der Waals surface area (Å²) < 4.78 is 7.60. The van der Waals surface area contributed by atoms with E-state index in [9.17, 15) is 9.90 Å². The highest BCUT2D eigenvalue weighted by molar-refractivity contribution is 6.30. The van der Waals surface area contributed by atoms with Gasteiger partial charge in [0.05, 0.1) is 11.8 Å². The first-order chi connectivity index (χ1) is 13.1. The van der Waals surface area contributed by atoms with Crippen LogP contribution < -0.4 is 4.74 Å². The van der Waals surface area contributed by atoms with Crippen LogP contribution in [0, 0.1) is 0 Å². The number of aromatic carboxylic acids is 1. The molecule has 0 aliphatic heterocycles. The molecule has 0 spiro atoms. The summed E-state index contributed by atoms with van der Waals surface area (Å²) in [6, 6.07) is 10.4. The van der Waals surface area contributed by atoms with Crippen molar-refractivity contribution in [3.63, 3.8) is 0 Å². The van der Waals surface area contributed by atoms with Crippen molar-refractivity contribution in [2.24, 2.45) is 0 Å². The summed E-state index contributed by atoms with van der Waals surface area (Å²) in [7, 11) is 0. The molecule has 0 saturated heterocycles. The fraction of sp³-hybridized carbons (Fsp3) is 0.250. The van der Waals surface area contributed by atoms with Crippen molar-refractivity contribution in [2.45, 2.75) is 32.8 Å². The van der Waals surface area contributed by atoms with Gasteiger partial charge in [-0.25, -0.2) is 9.78 Å². The summed E-state index contributed by atoms with van der Waals surface area (Å²) in [5.41, 5.74) is 2.09. The highest BCUT2D eigenvalue weighted by atomic mass is 35.5. The number of hydrogen-bond acceptors (Lipinski definition) is 4. The van der Waals surface area contributed by atoms with E-state index in [4.69, 9.17) is 16.3 Å². The lowest BCUT2D eigenvalue weighted by Crippen LogP contribution is -2.07. The molecule has 0 unspecified atom stereocenters. The number of aromatic nitrogens is 3. The molecule has 0 atom stereocenters. The summed E-state index contributed by atoms with van der Waals surface area (Å²) in [6.07, 6.45) is 6.09. The van der Waals surface area contributed by atoms with E-state index in [2.05, 4.69) is 17.0 Å². The Morgan fingerprint density at radius 3 is 2.74 bits per heavy atom. The fourth-order valence-electron chi connectivity index (χ4n) is 2.63. The number of carboxylic acid groups (broad SMARTS) is 1. The van der Waals surface area contributed by atoms with E-state index in [-0.39, 0.29) is 5.56 Å². The van der Waals surface area contributed by atoms with E-state index in [0.29, 0.717) is 23.3 Å². The number of unbranched alkanes of at least 4 members (excludes halogenated alkanes) is 1. The highest BCUT2D eigenvalue weighted by Gasteiger charge is 2.16. The number of benzene rings is 1. The number of aryl methyl sites for hydroxylation is 1. The topological polar surface area (TPSA) is 77.2 Å². The van der Waals surface area contributed by atoms with E-state index < -0.39 is 5.97 Å². The molecule has 140 valence electrons. The summed E-state index contributed by atoms with van der Waals surface area (Å²) in [5, 5.41) is 14.3. The molecule has 0 saturated carbocycles. The molecule has 6 nitrogen and oxygen atoms in total. The largest absolute Gasteiger partial charge is 0.478 e. The average molecular weight is 386 g/mol. The summed E-state index contributed by atoms with van der Waals surface area (Å²) in [5.74, 6) is -0.0298. The SMILES string of the molecule is CCCCc1cnn(-c2cc(C(=O)O)ccn2)c1OCc1ccc(Cl)cc1. The van der Waals surface area contributed by atoms with Gasteiger partial charge in [-0.15, -0.1) is 0 Å². The Hall–Kier alpha value is -2.86. The van der Waals surface area contributed by atoms with Crippen molar-refractivity contribution >= 4 is 17.6 Å². The van der Waals surface area contributed by atoms with Crippen molar-refractivity contribution in [3.8, 4) is 11.7 Å². The lowest BCUT2D eigenvalue weighted by Gasteiger charge is -2.11. The monoisotopic (exact) mass is 385 g/mol. The fourth-order valence-corrected chi connectivity index (χ4v) is 2.75. The third kappa shape index (κ3) is 4.65. The number of halogens is 1. The van der Waals surface area contributed by atoms with Gasteiger partial charge in [0.2, 0.25) is 5.88 Å². The van der Waals surface area contributed by atoms with Gasteiger partial charge in [0, 0.05) is 16.8 Å². The molecule has 0 amide bonds. The molecule has 1 aromatic carbocycles. The zero-order valence-electron chi connectivity index (χ0n) is 14.9. The molecule has 2 aromatic heterocycles. The van der Waals surface area contributed by atoms with Crippen molar-refractivity contribution in [2.75, 3.05) is 0 Å². The van der Waals surface area contributed by atoms with E-state index in [0.717, 1.165) is 30.4 Å². The number of hydrogen-bond donors (Lipinski definition) is 1. The highest BCUT2D eigenvalue weighted by Crippen LogP contribution is 2.25. The molecule has 0 bridgehead atoms. The average Bonchev–Trinajstić information content (AvgIpc) is 3.08. The molecule has 0 aliphatic rings. The van der Waals surface area contributed by atoms with E-state index >= 15 is 0 Å². The van der Waals surface area contributed by atoms with Crippen LogP contribution in [-0.2, 0) is 13.0 Å². The minimum Gasteiger partial charge on any atom is -0.478 e. The van der Waals surface area contributed by atoms with Gasteiger partial charge in [-0.1, -0.05) is 37.1 Å². The maximum Gasteiger partial charge on any atom is 0.335 e. The van der Waals surface area contributed by atoms with Gasteiger partial charge in [-0.05, 0) is 42.7 Å². The summed E-state index contributed by atoms with van der Waals surface area (Å²) in [6.45, 7) is 2.47. The minimum atomic E-state index is -1.01. The number of pyridine rings is 1. The van der Waals surface area contributed by atoms with Crippen LogP contribution in [0.15, 0.2) is 48.8 Å². The Morgan fingerprint density at radius 2 is 2.04 bits per heavy atom. The first-order valence-corrected chi connectivity index (χ1v) is 9.10. The number of ether oxygens (including phenoxy) is 1. The number of carboxylic acids is 1. The Bertz CT molecular complexity index is 922. The van der Waals surface area contributed by atoms with Gasteiger partial charge in [0.15, 0.2) is 5.82 Å². The van der Waals surface area contributed by atoms with Gasteiger partial charge in [0.25, 0.3) is 0 Å². The number of nitrogens with zero attached hydrogens (tertiary/aromatic N) is 3. The quantitative estimate of drug-likeness (QED) is 0.615. The third-order valence-corrected chi connectivity index (χ3v) is 4.35. The molecule has 3 aromatic rings. The lowest BCUT2D eigenvalue weighted by molar-refractivity contribution is 0.0696. The molecule has 0 aliphatic carbocycles. The molecular formula is C20H20ClN3O3. The van der Waals surface area contributed by atoms with Crippen LogP contribution in [0.4, 0.5) is 0 Å². The Kier molecular flexibility index (Phi) is 6.08. The van der Waals surface area contributed by atoms with Crippen molar-refractivity contribution < 1.29 is 14.6 Å². The van der Waals surface area contributed by atoms with Crippen molar-refractivity contribution in [1.82, 2.24) is 14.8 Å². The maximum absolute atomic E-state index is 11.3. The molecule has 7 heteroatoms. The van der Waals surface area contributed by atoms with Gasteiger partial charge in [0.1, 0.15) is 6.61 Å². The second kappa shape index (κ2) is 8.68. The van der Waals surface area contributed by atoms with Gasteiger partial charge < -0.3 is 9.84 Å². The smallest absolute Gasteiger partial charge is 0.335 e. The number of carbonyl (C=O) groups is 1. The third-order valence-electron chi connectivity index (χ3n) is 4.09. The second-order valence-corrected chi connectivity index (χ2v) is 6.55. The van der Waals surface area contributed by atoms with Crippen molar-refractivity contribution in [3.05, 3.63) is 70.5 Å². The van der Waals surface area contributed by atoms with E-state index in [1.54, 1.807) is 10.9 Å². The zero-order valence-corrected chi connectivity index (χ0v) is 15.7. The van der Waals surface area contributed by atoms with Crippen LogP contribution >= 0.6 is 11.6 Å². The molecule has 0 fully saturated rings. The normalized spacial score (nSPS) is 10.7. The standard InChI is InChI=1S/C20H20ClN3O3/c1-2-3-4-16-12-23-24(18-11-15(20(25)26)9-10-22-18)19(16)27-13-14-5-7-17(21)8-6-14/h5-12H,2-4,13H2,1H3,(H,25,26). The predicted octanol–water partition coefficient (Wildman–Crippen LogP) is 4.54. The van der Waals surface area contributed by atoms with Crippen LogP contribution in [0.25, 0.3) is 5.82 Å². The van der Waals surface area contributed by atoms with Gasteiger partial charge in [-0.3, -0.25) is 0 Å². The Labute approximate surface area is 162 Å². The molecule has 0 radical (unpaired) electrons. The van der Waals surface area contributed by atoms with Crippen LogP contribution in [0.1, 0.15) is 41.3 Å². The van der Waals surface area contributed by atoms with Gasteiger partial charge >= 0.3 is 5.97 Å². The summed E-state index contributed by atoms with van der Waals surface area (Å²) >= 11 is 5.93. The maximum atomic E-state index is 11.3. The first-order valence-electron chi connectivity index (χ1n) is 8.72. The lowest BCUT2D eigenvalue weighted by atomic mass is 10.1. The first kappa shape index (κ1) is 18.9. The predicted molar refractivity (Wildman–Crippen MR) is 103 cm³/mol. The number of rotatable bonds is 8. The van der Waals surface area contributed by atoms with E-state index in [1.807, 2.05) is 24.3 Å². The summed E-state index contributed by atoms with van der Waals surface area (Å²) in [4.78, 5) is 15.5. The Balaban J connectivity index is 1.91. The Morgan fingerprint density at radius 1 is 1.26 bits per heavy atom.